The number of ether oxygens (including phenoxy) is 1. The highest BCUT2D eigenvalue weighted by Crippen LogP contribution is 2.33. The molecule has 2 aromatic heterocycles. The summed E-state index contributed by atoms with van der Waals surface area (Å²) in [5.41, 5.74) is 1.92. The van der Waals surface area contributed by atoms with Gasteiger partial charge in [-0.25, -0.2) is 14.3 Å². The summed E-state index contributed by atoms with van der Waals surface area (Å²) in [5.74, 6) is 2.14. The molecule has 2 aromatic rings. The van der Waals surface area contributed by atoms with Crippen LogP contribution >= 0.6 is 11.8 Å². The van der Waals surface area contributed by atoms with Crippen LogP contribution < -0.4 is 10.6 Å². The molecular weight excluding hydrogens is 404 g/mol. The third-order valence-corrected chi connectivity index (χ3v) is 7.04. The fourth-order valence-corrected chi connectivity index (χ4v) is 5.60. The highest BCUT2D eigenvalue weighted by molar-refractivity contribution is 8.00. The third kappa shape index (κ3) is 4.85. The number of esters is 1. The van der Waals surface area contributed by atoms with Crippen LogP contribution in [0, 0.1) is 13.8 Å². The molecule has 4 heterocycles. The molecule has 162 valence electrons. The molecule has 10 heteroatoms. The van der Waals surface area contributed by atoms with Gasteiger partial charge in [-0.1, -0.05) is 6.42 Å². The smallest absolute Gasteiger partial charge is 0.315 e. The van der Waals surface area contributed by atoms with Crippen molar-refractivity contribution in [3.8, 4) is 0 Å². The number of hydrogen-bond donors (Lipinski definition) is 2. The first-order chi connectivity index (χ1) is 14.5. The SMILES string of the molecule is Cc1cc(C)n2nc(CCCOC(=O)CCCC[C@@H]3SC[C@H]4NC(=O)N[C@@H]34)nc2n1. The van der Waals surface area contributed by atoms with Crippen LogP contribution in [0.25, 0.3) is 5.78 Å². The minimum Gasteiger partial charge on any atom is -0.466 e. The van der Waals surface area contributed by atoms with Gasteiger partial charge in [-0.15, -0.1) is 5.10 Å². The minimum atomic E-state index is -0.154. The first kappa shape index (κ1) is 20.9. The Morgan fingerprint density at radius 3 is 3.00 bits per heavy atom. The fraction of sp³-hybridized carbons (Fsp3) is 0.650. The van der Waals surface area contributed by atoms with Crippen molar-refractivity contribution in [2.24, 2.45) is 0 Å². The molecular formula is C20H28N6O3S. The minimum absolute atomic E-state index is 0.0563. The van der Waals surface area contributed by atoms with Crippen LogP contribution in [-0.2, 0) is 16.0 Å². The van der Waals surface area contributed by atoms with Crippen LogP contribution in [0.2, 0.25) is 0 Å². The van der Waals surface area contributed by atoms with Crippen molar-refractivity contribution >= 4 is 29.5 Å². The second-order valence-corrected chi connectivity index (χ2v) is 9.24. The van der Waals surface area contributed by atoms with E-state index in [0.717, 1.165) is 36.4 Å². The van der Waals surface area contributed by atoms with Crippen LogP contribution in [0.15, 0.2) is 6.07 Å². The predicted molar refractivity (Wildman–Crippen MR) is 113 cm³/mol. The maximum absolute atomic E-state index is 12.0. The summed E-state index contributed by atoms with van der Waals surface area (Å²) >= 11 is 1.90. The number of thioether (sulfide) groups is 1. The van der Waals surface area contributed by atoms with E-state index in [-0.39, 0.29) is 24.1 Å². The lowest BCUT2D eigenvalue weighted by Gasteiger charge is -2.16. The predicted octanol–water partition coefficient (Wildman–Crippen LogP) is 1.94. The first-order valence-corrected chi connectivity index (χ1v) is 11.6. The number of hydrogen-bond acceptors (Lipinski definition) is 7. The van der Waals surface area contributed by atoms with Gasteiger partial charge in [-0.2, -0.15) is 16.7 Å². The number of nitrogens with zero attached hydrogens (tertiary/aromatic N) is 4. The number of carbonyl (C=O) groups is 2. The first-order valence-electron chi connectivity index (χ1n) is 10.5. The van der Waals surface area contributed by atoms with Crippen LogP contribution in [0.5, 0.6) is 0 Å². The van der Waals surface area contributed by atoms with Crippen molar-refractivity contribution < 1.29 is 14.3 Å². The Hall–Kier alpha value is -2.36. The summed E-state index contributed by atoms with van der Waals surface area (Å²) in [4.78, 5) is 32.2. The van der Waals surface area contributed by atoms with Crippen molar-refractivity contribution in [1.29, 1.82) is 0 Å². The van der Waals surface area contributed by atoms with Crippen molar-refractivity contribution in [2.75, 3.05) is 12.4 Å². The van der Waals surface area contributed by atoms with Crippen LogP contribution in [0.1, 0.15) is 49.3 Å². The van der Waals surface area contributed by atoms with Crippen molar-refractivity contribution in [3.05, 3.63) is 23.3 Å². The molecule has 30 heavy (non-hydrogen) atoms. The zero-order valence-corrected chi connectivity index (χ0v) is 18.2. The van der Waals surface area contributed by atoms with Crippen LogP contribution in [-0.4, -0.2) is 61.3 Å². The molecule has 0 aliphatic carbocycles. The lowest BCUT2D eigenvalue weighted by molar-refractivity contribution is -0.143. The van der Waals surface area contributed by atoms with Gasteiger partial charge < -0.3 is 15.4 Å². The molecule has 2 aliphatic rings. The number of aromatic nitrogens is 4. The van der Waals surface area contributed by atoms with Gasteiger partial charge in [0.1, 0.15) is 0 Å². The van der Waals surface area contributed by atoms with Crippen LogP contribution in [0.3, 0.4) is 0 Å². The molecule has 0 spiro atoms. The number of carbonyl (C=O) groups excluding carboxylic acids is 2. The molecule has 0 radical (unpaired) electrons. The van der Waals surface area contributed by atoms with Gasteiger partial charge in [0.2, 0.25) is 0 Å². The number of aryl methyl sites for hydroxylation is 3. The Balaban J connectivity index is 1.10. The molecule has 0 saturated carbocycles. The average Bonchev–Trinajstić information content (AvgIpc) is 3.37. The summed E-state index contributed by atoms with van der Waals surface area (Å²) in [6.45, 7) is 4.29. The summed E-state index contributed by atoms with van der Waals surface area (Å²) in [7, 11) is 0. The fourth-order valence-electron chi connectivity index (χ4n) is 4.06. The van der Waals surface area contributed by atoms with E-state index < -0.39 is 0 Å². The van der Waals surface area contributed by atoms with Gasteiger partial charge in [0.15, 0.2) is 5.82 Å². The van der Waals surface area contributed by atoms with Gasteiger partial charge >= 0.3 is 12.0 Å². The normalized spacial score (nSPS) is 22.7. The molecule has 2 N–H and O–H groups in total. The lowest BCUT2D eigenvalue weighted by atomic mass is 10.0. The van der Waals surface area contributed by atoms with E-state index in [4.69, 9.17) is 4.74 Å². The van der Waals surface area contributed by atoms with E-state index in [2.05, 4.69) is 25.7 Å². The van der Waals surface area contributed by atoms with Crippen LogP contribution in [0.4, 0.5) is 4.79 Å². The quantitative estimate of drug-likeness (QED) is 0.354. The maximum Gasteiger partial charge on any atom is 0.315 e. The van der Waals surface area contributed by atoms with Gasteiger partial charge in [0.05, 0.1) is 18.7 Å². The standard InChI is InChI=1S/C20H28N6O3S/c1-12-10-13(2)26-19(21-12)23-16(25-26)7-5-9-29-17(27)8-4-3-6-15-18-14(11-30-15)22-20(28)24-18/h10,14-15,18H,3-9,11H2,1-2H3,(H2,22,24,28)/t14-,15+,18-/m1/s1. The average molecular weight is 433 g/mol. The molecule has 2 amide bonds. The van der Waals surface area contributed by atoms with Crippen molar-refractivity contribution in [2.45, 2.75) is 69.7 Å². The second-order valence-electron chi connectivity index (χ2n) is 7.97. The molecule has 3 atom stereocenters. The van der Waals surface area contributed by atoms with Gasteiger partial charge in [0, 0.05) is 35.2 Å². The Morgan fingerprint density at radius 1 is 1.27 bits per heavy atom. The molecule has 0 unspecified atom stereocenters. The molecule has 2 fully saturated rings. The number of rotatable bonds is 9. The second kappa shape index (κ2) is 9.20. The van der Waals surface area contributed by atoms with E-state index in [1.165, 1.54) is 0 Å². The number of unbranched alkanes of at least 4 members (excludes halogenated alkanes) is 1. The lowest BCUT2D eigenvalue weighted by Crippen LogP contribution is -2.36. The largest absolute Gasteiger partial charge is 0.466 e. The number of amides is 2. The van der Waals surface area contributed by atoms with E-state index in [0.29, 0.717) is 42.7 Å². The summed E-state index contributed by atoms with van der Waals surface area (Å²) in [6.07, 6.45) is 4.56. The number of fused-ring (bicyclic) bond motifs is 2. The van der Waals surface area contributed by atoms with Gasteiger partial charge in [-0.3, -0.25) is 4.79 Å². The van der Waals surface area contributed by atoms with E-state index in [1.807, 2.05) is 31.7 Å². The Morgan fingerprint density at radius 2 is 2.13 bits per heavy atom. The Bertz CT molecular complexity index is 933. The highest BCUT2D eigenvalue weighted by Gasteiger charge is 2.42. The molecule has 4 rings (SSSR count). The molecule has 2 aliphatic heterocycles. The molecule has 0 bridgehead atoms. The third-order valence-electron chi connectivity index (χ3n) is 5.53. The van der Waals surface area contributed by atoms with Gasteiger partial charge in [-0.05, 0) is 39.2 Å². The van der Waals surface area contributed by atoms with Gasteiger partial charge in [0.25, 0.3) is 5.78 Å². The number of nitrogens with one attached hydrogen (secondary N) is 2. The topological polar surface area (TPSA) is 111 Å². The van der Waals surface area contributed by atoms with E-state index in [9.17, 15) is 9.59 Å². The summed E-state index contributed by atoms with van der Waals surface area (Å²) in [5, 5.41) is 10.8. The zero-order valence-electron chi connectivity index (χ0n) is 17.4. The Labute approximate surface area is 179 Å². The summed E-state index contributed by atoms with van der Waals surface area (Å²) in [6, 6.07) is 2.39. The van der Waals surface area contributed by atoms with Crippen molar-refractivity contribution in [1.82, 2.24) is 30.2 Å². The zero-order chi connectivity index (χ0) is 21.1. The monoisotopic (exact) mass is 432 g/mol. The molecule has 9 nitrogen and oxygen atoms in total. The Kier molecular flexibility index (Phi) is 6.40. The maximum atomic E-state index is 12.0. The van der Waals surface area contributed by atoms with Crippen molar-refractivity contribution in [3.63, 3.8) is 0 Å². The molecule has 0 aromatic carbocycles. The highest BCUT2D eigenvalue weighted by atomic mass is 32.2. The molecule has 2 saturated heterocycles. The van der Waals surface area contributed by atoms with E-state index >= 15 is 0 Å². The van der Waals surface area contributed by atoms with E-state index in [1.54, 1.807) is 4.52 Å². The number of urea groups is 1. The summed E-state index contributed by atoms with van der Waals surface area (Å²) < 4.78 is 7.09.